The standard InChI is InChI=1S/C26H30N6O2/c1-13-14(2)34-25(33)17-8-9-21(32-23(13)17)31-22-10-18-19(11-28-22)24(30-16-6-7-16)29-12-20(18)26(3,27)15-4-5-15/h8-16H,4-7,27H2,1-3H3,(H,29,30)(H,28,31,32)/t13-,14-,26-/m0/s1. The number of ether oxygens (including phenoxy) is 1. The first-order chi connectivity index (χ1) is 16.3. The van der Waals surface area contributed by atoms with Gasteiger partial charge in [0.1, 0.15) is 23.6 Å². The fourth-order valence-electron chi connectivity index (χ4n) is 4.82. The fraction of sp³-hybridized carbons (Fsp3) is 0.462. The zero-order chi connectivity index (χ0) is 23.6. The number of rotatable bonds is 6. The van der Waals surface area contributed by atoms with Gasteiger partial charge in [0.2, 0.25) is 0 Å². The van der Waals surface area contributed by atoms with Crippen LogP contribution in [0.3, 0.4) is 0 Å². The normalized spacial score (nSPS) is 23.7. The lowest BCUT2D eigenvalue weighted by Gasteiger charge is -2.28. The highest BCUT2D eigenvalue weighted by Crippen LogP contribution is 2.46. The number of fused-ring (bicyclic) bond motifs is 2. The minimum absolute atomic E-state index is 0.0178. The van der Waals surface area contributed by atoms with E-state index in [0.717, 1.165) is 40.7 Å². The number of nitrogens with one attached hydrogen (secondary N) is 2. The van der Waals surface area contributed by atoms with Crippen molar-refractivity contribution in [1.82, 2.24) is 15.0 Å². The molecule has 0 radical (unpaired) electrons. The Bertz CT molecular complexity index is 1300. The Morgan fingerprint density at radius 3 is 2.59 bits per heavy atom. The van der Waals surface area contributed by atoms with Crippen LogP contribution in [0.5, 0.6) is 0 Å². The number of hydrogen-bond acceptors (Lipinski definition) is 8. The molecule has 0 aromatic carbocycles. The molecular formula is C26H30N6O2. The Balaban J connectivity index is 1.39. The van der Waals surface area contributed by atoms with E-state index in [1.54, 1.807) is 12.1 Å². The summed E-state index contributed by atoms with van der Waals surface area (Å²) in [5.41, 5.74) is 8.70. The third-order valence-electron chi connectivity index (χ3n) is 7.53. The molecular weight excluding hydrogens is 428 g/mol. The third kappa shape index (κ3) is 3.66. The largest absolute Gasteiger partial charge is 0.458 e. The number of hydrogen-bond donors (Lipinski definition) is 3. The molecule has 2 saturated carbocycles. The van der Waals surface area contributed by atoms with Gasteiger partial charge < -0.3 is 21.1 Å². The lowest BCUT2D eigenvalue weighted by atomic mass is 9.86. The number of nitrogens with zero attached hydrogens (tertiary/aromatic N) is 3. The smallest absolute Gasteiger partial charge is 0.340 e. The summed E-state index contributed by atoms with van der Waals surface area (Å²) in [6, 6.07) is 6.09. The van der Waals surface area contributed by atoms with Crippen LogP contribution in [0.4, 0.5) is 17.5 Å². The molecule has 176 valence electrons. The summed E-state index contributed by atoms with van der Waals surface area (Å²) in [5.74, 6) is 2.34. The van der Waals surface area contributed by atoms with Crippen molar-refractivity contribution in [3.63, 3.8) is 0 Å². The van der Waals surface area contributed by atoms with E-state index in [-0.39, 0.29) is 18.0 Å². The van der Waals surface area contributed by atoms with Crippen molar-refractivity contribution in [1.29, 1.82) is 0 Å². The van der Waals surface area contributed by atoms with Crippen LogP contribution in [0.2, 0.25) is 0 Å². The predicted octanol–water partition coefficient (Wildman–Crippen LogP) is 4.59. The van der Waals surface area contributed by atoms with Crippen LogP contribution in [0.1, 0.15) is 74.0 Å². The molecule has 3 aliphatic rings. The SMILES string of the molecule is C[C@@H]1OC(=O)c2ccc(Nc3cc4c([C@@](C)(N)C5CC5)cnc(NC5CC5)c4cn3)nc2[C@H]1C. The Morgan fingerprint density at radius 2 is 1.85 bits per heavy atom. The maximum absolute atomic E-state index is 12.2. The number of carbonyl (C=O) groups is 1. The van der Waals surface area contributed by atoms with E-state index >= 15 is 0 Å². The van der Waals surface area contributed by atoms with Gasteiger partial charge in [0, 0.05) is 35.3 Å². The maximum atomic E-state index is 12.2. The minimum Gasteiger partial charge on any atom is -0.458 e. The molecule has 8 nitrogen and oxygen atoms in total. The van der Waals surface area contributed by atoms with Crippen LogP contribution in [0.25, 0.3) is 10.8 Å². The second-order valence-electron chi connectivity index (χ2n) is 10.3. The van der Waals surface area contributed by atoms with Crippen molar-refractivity contribution in [2.75, 3.05) is 10.6 Å². The first-order valence-electron chi connectivity index (χ1n) is 12.1. The number of aromatic nitrogens is 3. The van der Waals surface area contributed by atoms with Gasteiger partial charge in [0.15, 0.2) is 0 Å². The van der Waals surface area contributed by atoms with Gasteiger partial charge in [-0.15, -0.1) is 0 Å². The number of esters is 1. The van der Waals surface area contributed by atoms with Crippen LogP contribution in [-0.2, 0) is 10.3 Å². The van der Waals surface area contributed by atoms with Crippen LogP contribution in [0, 0.1) is 5.92 Å². The van der Waals surface area contributed by atoms with Gasteiger partial charge >= 0.3 is 5.97 Å². The first kappa shape index (κ1) is 21.3. The predicted molar refractivity (Wildman–Crippen MR) is 131 cm³/mol. The van der Waals surface area contributed by atoms with E-state index in [2.05, 4.69) is 22.5 Å². The molecule has 0 unspecified atom stereocenters. The fourth-order valence-corrected chi connectivity index (χ4v) is 4.82. The van der Waals surface area contributed by atoms with Gasteiger partial charge in [-0.25, -0.2) is 19.7 Å². The topological polar surface area (TPSA) is 115 Å². The molecule has 8 heteroatoms. The van der Waals surface area contributed by atoms with Gasteiger partial charge in [-0.1, -0.05) is 6.92 Å². The molecule has 6 rings (SSSR count). The van der Waals surface area contributed by atoms with Gasteiger partial charge in [0.25, 0.3) is 0 Å². The summed E-state index contributed by atoms with van der Waals surface area (Å²) in [6.07, 6.45) is 8.21. The molecule has 3 atom stereocenters. The van der Waals surface area contributed by atoms with E-state index in [4.69, 9.17) is 20.4 Å². The number of pyridine rings is 3. The first-order valence-corrected chi connectivity index (χ1v) is 12.1. The van der Waals surface area contributed by atoms with Crippen molar-refractivity contribution in [2.45, 2.75) is 70.1 Å². The number of nitrogens with two attached hydrogens (primary N) is 1. The van der Waals surface area contributed by atoms with E-state index in [1.807, 2.05) is 32.3 Å². The molecule has 3 aromatic heterocycles. The molecule has 2 aliphatic carbocycles. The third-order valence-corrected chi connectivity index (χ3v) is 7.53. The van der Waals surface area contributed by atoms with Crippen molar-refractivity contribution < 1.29 is 9.53 Å². The van der Waals surface area contributed by atoms with Crippen molar-refractivity contribution >= 4 is 34.2 Å². The highest BCUT2D eigenvalue weighted by atomic mass is 16.5. The highest BCUT2D eigenvalue weighted by molar-refractivity contribution is 5.96. The molecule has 3 aromatic rings. The molecule has 0 saturated heterocycles. The van der Waals surface area contributed by atoms with E-state index in [0.29, 0.717) is 29.2 Å². The number of cyclic esters (lactones) is 1. The summed E-state index contributed by atoms with van der Waals surface area (Å²) < 4.78 is 5.41. The van der Waals surface area contributed by atoms with Crippen LogP contribution in [-0.4, -0.2) is 33.1 Å². The summed E-state index contributed by atoms with van der Waals surface area (Å²) in [6.45, 7) is 6.02. The summed E-state index contributed by atoms with van der Waals surface area (Å²) >= 11 is 0. The van der Waals surface area contributed by atoms with E-state index < -0.39 is 5.54 Å². The van der Waals surface area contributed by atoms with Crippen molar-refractivity contribution in [3.8, 4) is 0 Å². The van der Waals surface area contributed by atoms with Crippen LogP contribution in [0.15, 0.2) is 30.6 Å². The second kappa shape index (κ2) is 7.63. The maximum Gasteiger partial charge on any atom is 0.340 e. The molecule has 4 N–H and O–H groups in total. The van der Waals surface area contributed by atoms with E-state index in [1.165, 1.54) is 12.8 Å². The van der Waals surface area contributed by atoms with Crippen molar-refractivity contribution in [3.05, 3.63) is 47.4 Å². The molecule has 1 aliphatic heterocycles. The van der Waals surface area contributed by atoms with Crippen LogP contribution >= 0.6 is 0 Å². The Hall–Kier alpha value is -3.26. The van der Waals surface area contributed by atoms with Gasteiger partial charge in [-0.05, 0) is 74.6 Å². The lowest BCUT2D eigenvalue weighted by molar-refractivity contribution is 0.0235. The van der Waals surface area contributed by atoms with Gasteiger partial charge in [-0.2, -0.15) is 0 Å². The molecule has 34 heavy (non-hydrogen) atoms. The van der Waals surface area contributed by atoms with Crippen LogP contribution < -0.4 is 16.4 Å². The van der Waals surface area contributed by atoms with E-state index in [9.17, 15) is 4.79 Å². The average molecular weight is 459 g/mol. The quantitative estimate of drug-likeness (QED) is 0.460. The van der Waals surface area contributed by atoms with Gasteiger partial charge in [-0.3, -0.25) is 0 Å². The average Bonchev–Trinajstić information content (AvgIpc) is 3.71. The molecule has 4 heterocycles. The molecule has 0 amide bonds. The Labute approximate surface area is 198 Å². The molecule has 0 bridgehead atoms. The zero-order valence-electron chi connectivity index (χ0n) is 19.8. The Kier molecular flexibility index (Phi) is 4.78. The van der Waals surface area contributed by atoms with Crippen molar-refractivity contribution in [2.24, 2.45) is 11.7 Å². The molecule has 0 spiro atoms. The zero-order valence-corrected chi connectivity index (χ0v) is 19.8. The summed E-state index contributed by atoms with van der Waals surface area (Å²) in [7, 11) is 0. The minimum atomic E-state index is -0.446. The molecule has 2 fully saturated rings. The van der Waals surface area contributed by atoms with Gasteiger partial charge in [0.05, 0.1) is 11.3 Å². The monoisotopic (exact) mass is 458 g/mol. The number of carbonyl (C=O) groups excluding carboxylic acids is 1. The highest BCUT2D eigenvalue weighted by Gasteiger charge is 2.41. The Morgan fingerprint density at radius 1 is 1.06 bits per heavy atom. The second-order valence-corrected chi connectivity index (χ2v) is 10.3. The lowest BCUT2D eigenvalue weighted by Crippen LogP contribution is -2.35. The summed E-state index contributed by atoms with van der Waals surface area (Å²) in [5, 5.41) is 8.90. The number of anilines is 3. The summed E-state index contributed by atoms with van der Waals surface area (Å²) in [4.78, 5) is 26.4.